The lowest BCUT2D eigenvalue weighted by Crippen LogP contribution is -2.33. The van der Waals surface area contributed by atoms with E-state index < -0.39 is 21.7 Å². The van der Waals surface area contributed by atoms with E-state index in [0.29, 0.717) is 28.2 Å². The number of rotatable bonds is 7. The van der Waals surface area contributed by atoms with Gasteiger partial charge >= 0.3 is 0 Å². The molecule has 1 aromatic heterocycles. The van der Waals surface area contributed by atoms with Crippen LogP contribution in [-0.2, 0) is 21.3 Å². The average molecular weight is 466 g/mol. The van der Waals surface area contributed by atoms with E-state index in [-0.39, 0.29) is 16.5 Å². The predicted molar refractivity (Wildman–Crippen MR) is 118 cm³/mol. The monoisotopic (exact) mass is 465 g/mol. The summed E-state index contributed by atoms with van der Waals surface area (Å²) in [6, 6.07) is 10.2. The molecule has 3 aromatic rings. The number of para-hydroxylation sites is 1. The molecule has 0 aliphatic carbocycles. The third kappa shape index (κ3) is 4.77. The summed E-state index contributed by atoms with van der Waals surface area (Å²) in [6.07, 6.45) is 0. The zero-order valence-electron chi connectivity index (χ0n) is 17.7. The molecule has 0 atom stereocenters. The second kappa shape index (κ2) is 9.39. The first kappa shape index (κ1) is 23.3. The van der Waals surface area contributed by atoms with Gasteiger partial charge in [0.25, 0.3) is 5.91 Å². The van der Waals surface area contributed by atoms with Gasteiger partial charge in [-0.1, -0.05) is 17.4 Å². The first-order valence-corrected chi connectivity index (χ1v) is 11.9. The van der Waals surface area contributed by atoms with Crippen LogP contribution in [0.25, 0.3) is 10.2 Å². The van der Waals surface area contributed by atoms with Crippen LogP contribution in [0.2, 0.25) is 0 Å². The van der Waals surface area contributed by atoms with Crippen molar-refractivity contribution in [2.75, 3.05) is 20.8 Å². The summed E-state index contributed by atoms with van der Waals surface area (Å²) in [5, 5.41) is 0. The number of fused-ring (bicyclic) bond motifs is 1. The van der Waals surface area contributed by atoms with Gasteiger partial charge in [0.05, 0.1) is 21.7 Å². The number of hydrogen-bond acceptors (Lipinski definition) is 5. The van der Waals surface area contributed by atoms with Crippen molar-refractivity contribution in [3.05, 3.63) is 58.6 Å². The molecule has 0 saturated carbocycles. The topological polar surface area (TPSA) is 81.0 Å². The number of amides is 1. The van der Waals surface area contributed by atoms with E-state index in [0.717, 1.165) is 0 Å². The molecule has 0 aliphatic rings. The smallest absolute Gasteiger partial charge is 0.279 e. The Balaban J connectivity index is 1.99. The quantitative estimate of drug-likeness (QED) is 0.536. The molecule has 0 spiro atoms. The first-order valence-electron chi connectivity index (χ1n) is 9.60. The zero-order valence-corrected chi connectivity index (χ0v) is 19.3. The molecule has 31 heavy (non-hydrogen) atoms. The minimum absolute atomic E-state index is 0.0966. The number of benzene rings is 2. The molecule has 0 fully saturated rings. The van der Waals surface area contributed by atoms with E-state index in [1.54, 1.807) is 37.7 Å². The van der Waals surface area contributed by atoms with Crippen molar-refractivity contribution in [2.24, 2.45) is 4.99 Å². The number of carbonyl (C=O) groups excluding carboxylic acids is 1. The van der Waals surface area contributed by atoms with Gasteiger partial charge in [-0.15, -0.1) is 0 Å². The van der Waals surface area contributed by atoms with Crippen LogP contribution >= 0.6 is 11.3 Å². The fraction of sp³-hybridized carbons (Fsp3) is 0.333. The van der Waals surface area contributed by atoms with E-state index >= 15 is 0 Å². The number of ether oxygens (including phenoxy) is 1. The molecular formula is C21H24FN3O4S2. The molecule has 0 radical (unpaired) electrons. The Morgan fingerprint density at radius 1 is 1.23 bits per heavy atom. The summed E-state index contributed by atoms with van der Waals surface area (Å²) in [7, 11) is -0.596. The number of halogens is 1. The van der Waals surface area contributed by atoms with Crippen LogP contribution in [0.1, 0.15) is 24.2 Å². The minimum atomic E-state index is -3.64. The number of sulfonamides is 1. The number of hydrogen-bond donors (Lipinski definition) is 0. The summed E-state index contributed by atoms with van der Waals surface area (Å²) < 4.78 is 48.2. The minimum Gasteiger partial charge on any atom is -0.383 e. The molecule has 2 aromatic carbocycles. The normalized spacial score (nSPS) is 12.9. The molecule has 0 unspecified atom stereocenters. The molecule has 166 valence electrons. The number of thiazole rings is 1. The molecule has 1 amide bonds. The van der Waals surface area contributed by atoms with E-state index in [1.165, 1.54) is 53.0 Å². The van der Waals surface area contributed by atoms with Gasteiger partial charge < -0.3 is 9.30 Å². The molecule has 3 rings (SSSR count). The average Bonchev–Trinajstić information content (AvgIpc) is 3.09. The maximum Gasteiger partial charge on any atom is 0.279 e. The molecule has 1 heterocycles. The van der Waals surface area contributed by atoms with Gasteiger partial charge in [-0.05, 0) is 50.2 Å². The van der Waals surface area contributed by atoms with Crippen molar-refractivity contribution in [2.45, 2.75) is 31.3 Å². The van der Waals surface area contributed by atoms with Gasteiger partial charge in [0.1, 0.15) is 5.82 Å². The van der Waals surface area contributed by atoms with Crippen LogP contribution in [0.5, 0.6) is 0 Å². The van der Waals surface area contributed by atoms with Crippen LogP contribution in [0.15, 0.2) is 52.4 Å². The third-order valence-electron chi connectivity index (χ3n) is 4.87. The zero-order chi connectivity index (χ0) is 22.8. The second-order valence-corrected chi connectivity index (χ2v) is 10.2. The van der Waals surface area contributed by atoms with Gasteiger partial charge in [-0.2, -0.15) is 9.30 Å². The van der Waals surface area contributed by atoms with Crippen LogP contribution in [0, 0.1) is 5.82 Å². The van der Waals surface area contributed by atoms with Crippen molar-refractivity contribution < 1.29 is 22.3 Å². The van der Waals surface area contributed by atoms with Crippen molar-refractivity contribution in [1.29, 1.82) is 0 Å². The van der Waals surface area contributed by atoms with E-state index in [4.69, 9.17) is 4.74 Å². The fourth-order valence-electron chi connectivity index (χ4n) is 2.93. The van der Waals surface area contributed by atoms with Crippen molar-refractivity contribution in [1.82, 2.24) is 8.87 Å². The second-order valence-electron chi connectivity index (χ2n) is 7.17. The Morgan fingerprint density at radius 3 is 2.52 bits per heavy atom. The molecule has 0 aliphatic heterocycles. The molecule has 10 heteroatoms. The summed E-state index contributed by atoms with van der Waals surface area (Å²) in [5.74, 6) is -0.943. The molecule has 0 bridgehead atoms. The van der Waals surface area contributed by atoms with Crippen molar-refractivity contribution in [3.63, 3.8) is 0 Å². The van der Waals surface area contributed by atoms with Crippen LogP contribution in [-0.4, -0.2) is 50.0 Å². The first-order chi connectivity index (χ1) is 14.7. The Labute approximate surface area is 184 Å². The Hall–Kier alpha value is -2.40. The number of aromatic nitrogens is 1. The van der Waals surface area contributed by atoms with Gasteiger partial charge in [0.15, 0.2) is 4.80 Å². The maximum absolute atomic E-state index is 14.4. The Bertz CT molecular complexity index is 1260. The SMILES string of the molecule is COCCn1c(=NC(=O)c2ccc(S(=O)(=O)N(C)C(C)C)cc2)sc2cccc(F)c21. The highest BCUT2D eigenvalue weighted by molar-refractivity contribution is 7.89. The Kier molecular flexibility index (Phi) is 7.05. The standard InChI is InChI=1S/C21H24FN3O4S2/c1-14(2)24(3)31(27,28)16-10-8-15(9-11-16)20(26)23-21-25(12-13-29-4)19-17(22)6-5-7-18(19)30-21/h5-11,14H,12-13H2,1-4H3. The number of nitrogens with zero attached hydrogens (tertiary/aromatic N) is 3. The third-order valence-corrected chi connectivity index (χ3v) is 7.96. The van der Waals surface area contributed by atoms with E-state index in [2.05, 4.69) is 4.99 Å². The molecule has 0 saturated heterocycles. The molecule has 0 N–H and O–H groups in total. The maximum atomic E-state index is 14.4. The van der Waals surface area contributed by atoms with E-state index in [9.17, 15) is 17.6 Å². The van der Waals surface area contributed by atoms with Crippen molar-refractivity contribution >= 4 is 37.5 Å². The lowest BCUT2D eigenvalue weighted by Gasteiger charge is -2.20. The largest absolute Gasteiger partial charge is 0.383 e. The fourth-order valence-corrected chi connectivity index (χ4v) is 5.36. The van der Waals surface area contributed by atoms with Gasteiger partial charge in [-0.3, -0.25) is 4.79 Å². The lowest BCUT2D eigenvalue weighted by atomic mass is 10.2. The number of carbonyl (C=O) groups is 1. The molecular weight excluding hydrogens is 441 g/mol. The van der Waals surface area contributed by atoms with Crippen molar-refractivity contribution in [3.8, 4) is 0 Å². The number of methoxy groups -OCH3 is 1. The highest BCUT2D eigenvalue weighted by Gasteiger charge is 2.23. The molecule has 7 nitrogen and oxygen atoms in total. The van der Waals surface area contributed by atoms with Gasteiger partial charge in [-0.25, -0.2) is 12.8 Å². The Morgan fingerprint density at radius 2 is 1.90 bits per heavy atom. The predicted octanol–water partition coefficient (Wildman–Crippen LogP) is 3.26. The highest BCUT2D eigenvalue weighted by atomic mass is 32.2. The summed E-state index contributed by atoms with van der Waals surface area (Å²) in [5.41, 5.74) is 0.608. The summed E-state index contributed by atoms with van der Waals surface area (Å²) in [4.78, 5) is 17.4. The highest BCUT2D eigenvalue weighted by Crippen LogP contribution is 2.21. The lowest BCUT2D eigenvalue weighted by molar-refractivity contribution is 0.0997. The van der Waals surface area contributed by atoms with E-state index in [1.807, 2.05) is 0 Å². The summed E-state index contributed by atoms with van der Waals surface area (Å²) >= 11 is 1.20. The van der Waals surface area contributed by atoms with Crippen LogP contribution in [0.3, 0.4) is 0 Å². The summed E-state index contributed by atoms with van der Waals surface area (Å²) in [6.45, 7) is 4.22. The van der Waals surface area contributed by atoms with Crippen LogP contribution < -0.4 is 4.80 Å². The van der Waals surface area contributed by atoms with Gasteiger partial charge in [0, 0.05) is 32.3 Å². The van der Waals surface area contributed by atoms with Crippen LogP contribution in [0.4, 0.5) is 4.39 Å². The van der Waals surface area contributed by atoms with Gasteiger partial charge in [0.2, 0.25) is 10.0 Å².